The lowest BCUT2D eigenvalue weighted by Gasteiger charge is -2.37. The van der Waals surface area contributed by atoms with E-state index in [1.807, 2.05) is 20.8 Å². The van der Waals surface area contributed by atoms with Gasteiger partial charge >= 0.3 is 0 Å². The summed E-state index contributed by atoms with van der Waals surface area (Å²) in [6.07, 6.45) is 2.35. The number of likely N-dealkylation sites (tertiary alicyclic amines) is 1. The second-order valence-corrected chi connectivity index (χ2v) is 6.86. The zero-order valence-electron chi connectivity index (χ0n) is 14.8. The number of anilines is 1. The summed E-state index contributed by atoms with van der Waals surface area (Å²) in [5.74, 6) is -0.281. The first-order chi connectivity index (χ1) is 12.1. The van der Waals surface area contributed by atoms with Crippen molar-refractivity contribution in [2.45, 2.75) is 26.2 Å². The van der Waals surface area contributed by atoms with Gasteiger partial charge in [0, 0.05) is 45.7 Å². The molecule has 2 aliphatic rings. The minimum absolute atomic E-state index is 0.0699. The van der Waals surface area contributed by atoms with Crippen molar-refractivity contribution in [2.75, 3.05) is 44.2 Å². The number of amides is 2. The van der Waals surface area contributed by atoms with Gasteiger partial charge in [-0.15, -0.1) is 0 Å². The molecule has 2 aliphatic heterocycles. The summed E-state index contributed by atoms with van der Waals surface area (Å²) in [4.78, 5) is 30.4. The summed E-state index contributed by atoms with van der Waals surface area (Å²) in [5, 5.41) is 0. The monoisotopic (exact) mass is 347 g/mol. The van der Waals surface area contributed by atoms with Gasteiger partial charge in [0.15, 0.2) is 0 Å². The third kappa shape index (κ3) is 3.94. The molecule has 2 saturated heterocycles. The molecule has 1 aromatic carbocycles. The average molecular weight is 347 g/mol. The van der Waals surface area contributed by atoms with Crippen LogP contribution in [0, 0.1) is 11.7 Å². The van der Waals surface area contributed by atoms with E-state index < -0.39 is 0 Å². The van der Waals surface area contributed by atoms with Crippen LogP contribution in [0.1, 0.15) is 26.2 Å². The van der Waals surface area contributed by atoms with Crippen LogP contribution in [0.3, 0.4) is 0 Å². The number of unbranched alkanes of at least 4 members (excludes halogenated alkanes) is 1. The number of para-hydroxylation sites is 1. The van der Waals surface area contributed by atoms with Crippen molar-refractivity contribution < 1.29 is 14.0 Å². The molecule has 0 spiro atoms. The third-order valence-electron chi connectivity index (χ3n) is 5.13. The predicted octanol–water partition coefficient (Wildman–Crippen LogP) is 2.12. The van der Waals surface area contributed by atoms with Crippen LogP contribution in [0.15, 0.2) is 24.3 Å². The molecule has 0 aromatic heterocycles. The van der Waals surface area contributed by atoms with Crippen LogP contribution in [0.2, 0.25) is 0 Å². The zero-order chi connectivity index (χ0) is 17.8. The molecule has 5 nitrogen and oxygen atoms in total. The number of rotatable bonds is 5. The van der Waals surface area contributed by atoms with Gasteiger partial charge in [-0.3, -0.25) is 9.59 Å². The van der Waals surface area contributed by atoms with E-state index in [0.717, 1.165) is 19.4 Å². The van der Waals surface area contributed by atoms with E-state index in [9.17, 15) is 14.0 Å². The third-order valence-corrected chi connectivity index (χ3v) is 5.13. The fraction of sp³-hybridized carbons (Fsp3) is 0.579. The Labute approximate surface area is 148 Å². The van der Waals surface area contributed by atoms with Gasteiger partial charge in [0.25, 0.3) is 0 Å². The Morgan fingerprint density at radius 3 is 2.60 bits per heavy atom. The molecule has 0 bridgehead atoms. The number of benzene rings is 1. The highest BCUT2D eigenvalue weighted by Gasteiger charge is 2.37. The molecular formula is C19H26FN3O2. The average Bonchev–Trinajstić information content (AvgIpc) is 3.00. The summed E-state index contributed by atoms with van der Waals surface area (Å²) in [5.41, 5.74) is 0.594. The van der Waals surface area contributed by atoms with Gasteiger partial charge in [-0.05, 0) is 18.6 Å². The number of hydrogen-bond acceptors (Lipinski definition) is 3. The predicted molar refractivity (Wildman–Crippen MR) is 94.8 cm³/mol. The van der Waals surface area contributed by atoms with E-state index in [-0.39, 0.29) is 23.5 Å². The van der Waals surface area contributed by atoms with Crippen LogP contribution in [0.5, 0.6) is 0 Å². The standard InChI is InChI=1S/C19H26FN3O2/c1-2-3-8-23-14-15(13-18(23)24)19(25)22-11-9-21(10-12-22)17-7-5-4-6-16(17)20/h4-7,15H,2-3,8-14H2,1H3. The van der Waals surface area contributed by atoms with Crippen molar-refractivity contribution in [3.63, 3.8) is 0 Å². The highest BCUT2D eigenvalue weighted by atomic mass is 19.1. The van der Waals surface area contributed by atoms with Gasteiger partial charge in [0.1, 0.15) is 5.82 Å². The fourth-order valence-corrected chi connectivity index (χ4v) is 3.64. The van der Waals surface area contributed by atoms with Crippen LogP contribution >= 0.6 is 0 Å². The second-order valence-electron chi connectivity index (χ2n) is 6.86. The number of hydrogen-bond donors (Lipinski definition) is 0. The lowest BCUT2D eigenvalue weighted by atomic mass is 10.1. The van der Waals surface area contributed by atoms with Gasteiger partial charge in [-0.1, -0.05) is 25.5 Å². The highest BCUT2D eigenvalue weighted by Crippen LogP contribution is 2.24. The molecule has 25 heavy (non-hydrogen) atoms. The Kier molecular flexibility index (Phi) is 5.56. The Balaban J connectivity index is 1.54. The molecule has 2 heterocycles. The molecule has 136 valence electrons. The van der Waals surface area contributed by atoms with E-state index in [4.69, 9.17) is 0 Å². The zero-order valence-corrected chi connectivity index (χ0v) is 14.8. The largest absolute Gasteiger partial charge is 0.366 e. The molecule has 0 aliphatic carbocycles. The van der Waals surface area contributed by atoms with Crippen molar-refractivity contribution in [2.24, 2.45) is 5.92 Å². The highest BCUT2D eigenvalue weighted by molar-refractivity contribution is 5.89. The Hall–Kier alpha value is -2.11. The topological polar surface area (TPSA) is 43.9 Å². The van der Waals surface area contributed by atoms with Gasteiger partial charge in [-0.2, -0.15) is 0 Å². The number of carbonyl (C=O) groups is 2. The summed E-state index contributed by atoms with van der Waals surface area (Å²) >= 11 is 0. The first-order valence-corrected chi connectivity index (χ1v) is 9.16. The number of carbonyl (C=O) groups excluding carboxylic acids is 2. The van der Waals surface area contributed by atoms with E-state index in [1.165, 1.54) is 6.07 Å². The molecular weight excluding hydrogens is 321 g/mol. The van der Waals surface area contributed by atoms with Crippen LogP contribution in [-0.4, -0.2) is 60.9 Å². The number of halogens is 1. The van der Waals surface area contributed by atoms with Crippen molar-refractivity contribution >= 4 is 17.5 Å². The van der Waals surface area contributed by atoms with Gasteiger partial charge in [0.2, 0.25) is 11.8 Å². The van der Waals surface area contributed by atoms with E-state index in [1.54, 1.807) is 12.1 Å². The molecule has 1 aromatic rings. The van der Waals surface area contributed by atoms with Crippen molar-refractivity contribution in [1.29, 1.82) is 0 Å². The molecule has 0 saturated carbocycles. The summed E-state index contributed by atoms with van der Waals surface area (Å²) in [7, 11) is 0. The van der Waals surface area contributed by atoms with Crippen LogP contribution in [0.25, 0.3) is 0 Å². The van der Waals surface area contributed by atoms with Gasteiger partial charge in [-0.25, -0.2) is 4.39 Å². The molecule has 0 N–H and O–H groups in total. The number of piperazine rings is 1. The maximum atomic E-state index is 13.9. The van der Waals surface area contributed by atoms with E-state index in [2.05, 4.69) is 6.92 Å². The lowest BCUT2D eigenvalue weighted by Crippen LogP contribution is -2.51. The minimum atomic E-state index is -0.227. The lowest BCUT2D eigenvalue weighted by molar-refractivity contribution is -0.136. The Morgan fingerprint density at radius 2 is 1.92 bits per heavy atom. The molecule has 2 amide bonds. The van der Waals surface area contributed by atoms with Gasteiger partial charge in [0.05, 0.1) is 11.6 Å². The second kappa shape index (κ2) is 7.85. The smallest absolute Gasteiger partial charge is 0.228 e. The molecule has 0 radical (unpaired) electrons. The Bertz CT molecular complexity index is 629. The van der Waals surface area contributed by atoms with E-state index >= 15 is 0 Å². The van der Waals surface area contributed by atoms with Crippen molar-refractivity contribution in [3.05, 3.63) is 30.1 Å². The number of nitrogens with zero attached hydrogens (tertiary/aromatic N) is 3. The normalized spacial score (nSPS) is 21.1. The molecule has 1 atom stereocenters. The summed E-state index contributed by atoms with van der Waals surface area (Å²) < 4.78 is 13.9. The quantitative estimate of drug-likeness (QED) is 0.820. The first-order valence-electron chi connectivity index (χ1n) is 9.16. The molecule has 6 heteroatoms. The maximum absolute atomic E-state index is 13.9. The summed E-state index contributed by atoms with van der Waals surface area (Å²) in [6.45, 7) is 5.78. The van der Waals surface area contributed by atoms with Crippen molar-refractivity contribution in [3.8, 4) is 0 Å². The Morgan fingerprint density at radius 1 is 1.20 bits per heavy atom. The minimum Gasteiger partial charge on any atom is -0.366 e. The van der Waals surface area contributed by atoms with Crippen LogP contribution in [-0.2, 0) is 9.59 Å². The first kappa shape index (κ1) is 17.7. The molecule has 1 unspecified atom stereocenters. The van der Waals surface area contributed by atoms with Gasteiger partial charge < -0.3 is 14.7 Å². The molecule has 3 rings (SSSR count). The maximum Gasteiger partial charge on any atom is 0.228 e. The fourth-order valence-electron chi connectivity index (χ4n) is 3.64. The SMILES string of the molecule is CCCCN1CC(C(=O)N2CCN(c3ccccc3F)CC2)CC1=O. The molecule has 2 fully saturated rings. The van der Waals surface area contributed by atoms with Crippen molar-refractivity contribution in [1.82, 2.24) is 9.80 Å². The van der Waals surface area contributed by atoms with Crippen LogP contribution in [0.4, 0.5) is 10.1 Å². The van der Waals surface area contributed by atoms with E-state index in [0.29, 0.717) is 44.8 Å². The summed E-state index contributed by atoms with van der Waals surface area (Å²) in [6, 6.07) is 6.74. The van der Waals surface area contributed by atoms with Crippen LogP contribution < -0.4 is 4.90 Å².